The van der Waals surface area contributed by atoms with Crippen molar-refractivity contribution in [3.63, 3.8) is 0 Å². The van der Waals surface area contributed by atoms with Crippen molar-refractivity contribution in [3.8, 4) is 56.9 Å². The van der Waals surface area contributed by atoms with Crippen LogP contribution in [0.5, 0.6) is 0 Å². The van der Waals surface area contributed by atoms with Crippen LogP contribution >= 0.6 is 0 Å². The Balaban J connectivity index is 1.37. The van der Waals surface area contributed by atoms with Crippen LogP contribution in [0.4, 0.5) is 0 Å². The smallest absolute Gasteiger partial charge is 0.101 e. The number of fused-ring (bicyclic) bond motifs is 6. The molecule has 0 radical (unpaired) electrons. The molecule has 0 unspecified atom stereocenters. The Morgan fingerprint density at radius 1 is 0.352 bits per heavy atom. The lowest BCUT2D eigenvalue weighted by Gasteiger charge is -2.18. The molecule has 0 saturated heterocycles. The molecule has 0 bridgehead atoms. The van der Waals surface area contributed by atoms with E-state index in [1.54, 1.807) is 6.07 Å². The first kappa shape index (κ1) is 31.1. The van der Waals surface area contributed by atoms with Crippen molar-refractivity contribution >= 4 is 43.6 Å². The minimum atomic E-state index is 0.350. The lowest BCUT2D eigenvalue weighted by Crippen LogP contribution is -2.02. The number of nitrogens with zero attached hydrogens (tertiary/aromatic N) is 4. The van der Waals surface area contributed by atoms with E-state index in [0.29, 0.717) is 11.1 Å². The van der Waals surface area contributed by atoms with E-state index in [-0.39, 0.29) is 0 Å². The summed E-state index contributed by atoms with van der Waals surface area (Å²) >= 11 is 0. The monoisotopic (exact) mass is 686 g/mol. The number of benzene rings is 8. The fraction of sp³-hybridized carbons (Fsp3) is 0. The molecule has 54 heavy (non-hydrogen) atoms. The molecule has 4 nitrogen and oxygen atoms in total. The van der Waals surface area contributed by atoms with Crippen LogP contribution in [0.3, 0.4) is 0 Å². The second kappa shape index (κ2) is 12.5. The number of hydrogen-bond acceptors (Lipinski definition) is 2. The van der Waals surface area contributed by atoms with Crippen LogP contribution in [-0.2, 0) is 0 Å². The van der Waals surface area contributed by atoms with Gasteiger partial charge in [0.1, 0.15) is 12.1 Å². The predicted molar refractivity (Wildman–Crippen MR) is 221 cm³/mol. The summed E-state index contributed by atoms with van der Waals surface area (Å²) in [5, 5.41) is 24.7. The van der Waals surface area contributed by atoms with Gasteiger partial charge in [0.05, 0.1) is 38.9 Å². The van der Waals surface area contributed by atoms with Crippen molar-refractivity contribution in [2.75, 3.05) is 0 Å². The minimum absolute atomic E-state index is 0.350. The highest BCUT2D eigenvalue weighted by Gasteiger charge is 2.24. The highest BCUT2D eigenvalue weighted by Crippen LogP contribution is 2.45. The van der Waals surface area contributed by atoms with Gasteiger partial charge in [-0.05, 0) is 88.5 Å². The largest absolute Gasteiger partial charge is 0.309 e. The van der Waals surface area contributed by atoms with Crippen molar-refractivity contribution in [2.24, 2.45) is 0 Å². The van der Waals surface area contributed by atoms with E-state index in [4.69, 9.17) is 0 Å². The lowest BCUT2D eigenvalue weighted by molar-refractivity contribution is 1.16. The molecule has 0 aliphatic heterocycles. The molecular formula is C50H30N4. The third-order valence-electron chi connectivity index (χ3n) is 10.6. The zero-order valence-electron chi connectivity index (χ0n) is 29.1. The topological polar surface area (TPSA) is 57.4 Å². The molecule has 0 atom stereocenters. The molecule has 8 aromatic carbocycles. The van der Waals surface area contributed by atoms with Gasteiger partial charge in [0.15, 0.2) is 0 Å². The van der Waals surface area contributed by atoms with Crippen molar-refractivity contribution in [1.29, 1.82) is 10.5 Å². The van der Waals surface area contributed by atoms with E-state index < -0.39 is 0 Å². The summed E-state index contributed by atoms with van der Waals surface area (Å²) in [5.41, 5.74) is 13.5. The highest BCUT2D eigenvalue weighted by atomic mass is 15.0. The Hall–Kier alpha value is -7.66. The molecule has 2 heterocycles. The van der Waals surface area contributed by atoms with Gasteiger partial charge in [0.2, 0.25) is 0 Å². The molecule has 0 aliphatic carbocycles. The molecular weight excluding hydrogens is 657 g/mol. The molecule has 0 fully saturated rings. The molecule has 10 rings (SSSR count). The second-order valence-electron chi connectivity index (χ2n) is 13.6. The van der Waals surface area contributed by atoms with Crippen LogP contribution < -0.4 is 0 Å². The molecule has 250 valence electrons. The Kier molecular flexibility index (Phi) is 7.22. The summed E-state index contributed by atoms with van der Waals surface area (Å²) in [4.78, 5) is 0. The normalized spacial score (nSPS) is 11.3. The Labute approximate surface area is 312 Å². The zero-order chi connectivity index (χ0) is 36.2. The zero-order valence-corrected chi connectivity index (χ0v) is 29.1. The Morgan fingerprint density at radius 2 is 0.889 bits per heavy atom. The third kappa shape index (κ3) is 4.83. The lowest BCUT2D eigenvalue weighted by atomic mass is 9.96. The van der Waals surface area contributed by atoms with Gasteiger partial charge in [0.25, 0.3) is 0 Å². The van der Waals surface area contributed by atoms with E-state index in [2.05, 4.69) is 167 Å². The van der Waals surface area contributed by atoms with Crippen LogP contribution in [0.25, 0.3) is 88.4 Å². The van der Waals surface area contributed by atoms with Gasteiger partial charge >= 0.3 is 0 Å². The summed E-state index contributed by atoms with van der Waals surface area (Å²) < 4.78 is 4.71. The van der Waals surface area contributed by atoms with Gasteiger partial charge in [-0.3, -0.25) is 0 Å². The average Bonchev–Trinajstić information content (AvgIpc) is 3.76. The van der Waals surface area contributed by atoms with Gasteiger partial charge < -0.3 is 9.13 Å². The minimum Gasteiger partial charge on any atom is -0.309 e. The Bertz CT molecular complexity index is 3060. The van der Waals surface area contributed by atoms with Crippen molar-refractivity contribution in [2.45, 2.75) is 0 Å². The standard InChI is InChI=1S/C50H30N4/c51-31-38-21-20-37(28-39(38)32-52)49-48(27-24-42-41-18-10-11-19-45(41)53(50(42)49)40-16-8-3-9-17-40)54-46-25-22-35(33-12-4-1-5-13-33)29-43(46)44-30-36(23-26-47(44)54)34-14-6-2-7-15-34/h1-30H. The van der Waals surface area contributed by atoms with Crippen LogP contribution in [0.1, 0.15) is 11.1 Å². The van der Waals surface area contributed by atoms with Gasteiger partial charge in [-0.1, -0.05) is 121 Å². The first-order valence-electron chi connectivity index (χ1n) is 18.0. The van der Waals surface area contributed by atoms with E-state index >= 15 is 0 Å². The molecule has 0 N–H and O–H groups in total. The summed E-state index contributed by atoms with van der Waals surface area (Å²) in [6.45, 7) is 0. The maximum atomic E-state index is 10.2. The SMILES string of the molecule is N#Cc1ccc(-c2c(-n3c4ccc(-c5ccccc5)cc4c4cc(-c5ccccc5)ccc43)ccc3c4ccccc4n(-c4ccccc4)c23)cc1C#N. The van der Waals surface area contributed by atoms with E-state index in [0.717, 1.165) is 88.4 Å². The molecule has 0 aliphatic rings. The fourth-order valence-corrected chi connectivity index (χ4v) is 8.16. The highest BCUT2D eigenvalue weighted by molar-refractivity contribution is 6.17. The maximum Gasteiger partial charge on any atom is 0.101 e. The Morgan fingerprint density at radius 3 is 1.50 bits per heavy atom. The van der Waals surface area contributed by atoms with Gasteiger partial charge in [-0.25, -0.2) is 0 Å². The average molecular weight is 687 g/mol. The van der Waals surface area contributed by atoms with Gasteiger partial charge in [-0.2, -0.15) is 10.5 Å². The quantitative estimate of drug-likeness (QED) is 0.181. The summed E-state index contributed by atoms with van der Waals surface area (Å²) in [6.07, 6.45) is 0. The predicted octanol–water partition coefficient (Wildman–Crippen LogP) is 12.6. The van der Waals surface area contributed by atoms with Crippen LogP contribution in [0, 0.1) is 22.7 Å². The summed E-state index contributed by atoms with van der Waals surface area (Å²) in [5.74, 6) is 0. The van der Waals surface area contributed by atoms with E-state index in [1.807, 2.05) is 30.3 Å². The van der Waals surface area contributed by atoms with Crippen LogP contribution in [0.15, 0.2) is 182 Å². The molecule has 4 heteroatoms. The van der Waals surface area contributed by atoms with Crippen molar-refractivity contribution < 1.29 is 0 Å². The summed E-state index contributed by atoms with van der Waals surface area (Å²) in [7, 11) is 0. The van der Waals surface area contributed by atoms with Crippen molar-refractivity contribution in [3.05, 3.63) is 193 Å². The summed E-state index contributed by atoms with van der Waals surface area (Å²) in [6, 6.07) is 68.1. The number of rotatable bonds is 5. The molecule has 10 aromatic rings. The second-order valence-corrected chi connectivity index (χ2v) is 13.6. The van der Waals surface area contributed by atoms with E-state index in [1.165, 1.54) is 0 Å². The van der Waals surface area contributed by atoms with Gasteiger partial charge in [0, 0.05) is 32.8 Å². The van der Waals surface area contributed by atoms with E-state index in [9.17, 15) is 10.5 Å². The molecule has 0 saturated carbocycles. The van der Waals surface area contributed by atoms with Crippen LogP contribution in [0.2, 0.25) is 0 Å². The van der Waals surface area contributed by atoms with Crippen molar-refractivity contribution in [1.82, 2.24) is 9.13 Å². The fourth-order valence-electron chi connectivity index (χ4n) is 8.16. The number of para-hydroxylation sites is 2. The maximum absolute atomic E-state index is 10.2. The van der Waals surface area contributed by atoms with Crippen LogP contribution in [-0.4, -0.2) is 9.13 Å². The molecule has 0 spiro atoms. The molecule has 0 amide bonds. The van der Waals surface area contributed by atoms with Gasteiger partial charge in [-0.15, -0.1) is 0 Å². The number of hydrogen-bond donors (Lipinski definition) is 0. The third-order valence-corrected chi connectivity index (χ3v) is 10.6. The molecule has 2 aromatic heterocycles. The number of nitriles is 2. The number of aromatic nitrogens is 2. The first-order valence-corrected chi connectivity index (χ1v) is 18.0. The first-order chi connectivity index (χ1) is 26.7.